The van der Waals surface area contributed by atoms with Crippen LogP contribution in [0, 0.1) is 0 Å². The Balaban J connectivity index is 1.52. The van der Waals surface area contributed by atoms with Crippen LogP contribution < -0.4 is 9.47 Å². The lowest BCUT2D eigenvalue weighted by atomic mass is 9.95. The molecule has 4 rings (SSSR count). The van der Waals surface area contributed by atoms with Gasteiger partial charge in [0.1, 0.15) is 11.9 Å². The lowest BCUT2D eigenvalue weighted by Crippen LogP contribution is -2.25. The van der Waals surface area contributed by atoms with E-state index in [1.807, 2.05) is 12.1 Å². The van der Waals surface area contributed by atoms with Gasteiger partial charge in [0.2, 0.25) is 0 Å². The fourth-order valence-electron chi connectivity index (χ4n) is 3.89. The van der Waals surface area contributed by atoms with Crippen LogP contribution in [0.2, 0.25) is 0 Å². The minimum Gasteiger partial charge on any atom is -0.485 e. The molecule has 3 unspecified atom stereocenters. The van der Waals surface area contributed by atoms with Crippen LogP contribution in [0.4, 0.5) is 0 Å². The number of para-hydroxylation sites is 1. The Morgan fingerprint density at radius 2 is 1.89 bits per heavy atom. The van der Waals surface area contributed by atoms with E-state index >= 15 is 0 Å². The summed E-state index contributed by atoms with van der Waals surface area (Å²) in [5, 5.41) is 8.82. The first kappa shape index (κ1) is 18.8. The van der Waals surface area contributed by atoms with Crippen LogP contribution in [0.1, 0.15) is 29.9 Å². The zero-order chi connectivity index (χ0) is 19.7. The van der Waals surface area contributed by atoms with E-state index in [2.05, 4.69) is 0 Å². The van der Waals surface area contributed by atoms with Crippen LogP contribution in [-0.2, 0) is 24.8 Å². The predicted molar refractivity (Wildman–Crippen MR) is 99.9 cm³/mol. The monoisotopic (exact) mass is 404 g/mol. The van der Waals surface area contributed by atoms with E-state index in [9.17, 15) is 13.2 Å². The summed E-state index contributed by atoms with van der Waals surface area (Å²) in [5.41, 5.74) is 1.47. The van der Waals surface area contributed by atoms with E-state index in [4.69, 9.17) is 18.8 Å². The maximum Gasteiger partial charge on any atom is 0.341 e. The van der Waals surface area contributed by atoms with Crippen molar-refractivity contribution < 1.29 is 32.0 Å². The highest BCUT2D eigenvalue weighted by atomic mass is 32.2. The molecule has 2 aromatic rings. The summed E-state index contributed by atoms with van der Waals surface area (Å²) in [6, 6.07) is 14.1. The molecule has 1 N–H and O–H groups in total. The summed E-state index contributed by atoms with van der Waals surface area (Å²) in [6.07, 6.45) is 0.503. The Hall–Kier alpha value is -2.58. The summed E-state index contributed by atoms with van der Waals surface area (Å²) in [7, 11) is -3.76. The second kappa shape index (κ2) is 7.44. The fourth-order valence-corrected chi connectivity index (χ4v) is 5.16. The quantitative estimate of drug-likeness (QED) is 0.708. The van der Waals surface area contributed by atoms with Crippen LogP contribution in [-0.4, -0.2) is 38.3 Å². The number of rotatable bonds is 7. The number of carboxylic acids is 1. The first-order valence-electron chi connectivity index (χ1n) is 9.02. The van der Waals surface area contributed by atoms with Crippen molar-refractivity contribution in [1.29, 1.82) is 0 Å². The van der Waals surface area contributed by atoms with Crippen LogP contribution in [0.25, 0.3) is 0 Å². The zero-order valence-electron chi connectivity index (χ0n) is 15.0. The molecule has 0 amide bonds. The van der Waals surface area contributed by atoms with Crippen LogP contribution in [0.3, 0.4) is 0 Å². The summed E-state index contributed by atoms with van der Waals surface area (Å²) in [4.78, 5) is 10.8. The highest BCUT2D eigenvalue weighted by Crippen LogP contribution is 2.51. The maximum absolute atomic E-state index is 12.5. The maximum atomic E-state index is 12.5. The smallest absolute Gasteiger partial charge is 0.341 e. The van der Waals surface area contributed by atoms with Crippen molar-refractivity contribution >= 4 is 16.1 Å². The lowest BCUT2D eigenvalue weighted by Gasteiger charge is -2.18. The molecular formula is C20H20O7S. The van der Waals surface area contributed by atoms with Gasteiger partial charge >= 0.3 is 5.97 Å². The average Bonchev–Trinajstić information content (AvgIpc) is 3.20. The van der Waals surface area contributed by atoms with Crippen molar-refractivity contribution in [2.45, 2.75) is 36.7 Å². The number of ether oxygens (including phenoxy) is 2. The summed E-state index contributed by atoms with van der Waals surface area (Å²) >= 11 is 0. The van der Waals surface area contributed by atoms with Gasteiger partial charge in [0.15, 0.2) is 18.1 Å². The minimum atomic E-state index is -3.76. The van der Waals surface area contributed by atoms with Crippen molar-refractivity contribution in [1.82, 2.24) is 0 Å². The molecule has 2 aromatic carbocycles. The molecule has 0 radical (unpaired) electrons. The van der Waals surface area contributed by atoms with E-state index in [0.717, 1.165) is 5.56 Å². The van der Waals surface area contributed by atoms with E-state index in [0.29, 0.717) is 29.9 Å². The Labute approximate surface area is 163 Å². The molecule has 1 saturated carbocycles. The van der Waals surface area contributed by atoms with Crippen molar-refractivity contribution in [3.8, 4) is 11.5 Å². The highest BCUT2D eigenvalue weighted by molar-refractivity contribution is 7.85. The molecular weight excluding hydrogens is 384 g/mol. The number of benzene rings is 2. The molecule has 1 aliphatic carbocycles. The Morgan fingerprint density at radius 3 is 2.64 bits per heavy atom. The molecule has 148 valence electrons. The van der Waals surface area contributed by atoms with Crippen molar-refractivity contribution in [3.05, 3.63) is 59.7 Å². The first-order valence-corrected chi connectivity index (χ1v) is 10.6. The SMILES string of the molecule is O=C(O)COc1cccc2c1OC1CCC(OS(=O)(=O)Cc3ccccc3)C21. The third kappa shape index (κ3) is 3.83. The normalized spacial score (nSPS) is 22.9. The van der Waals surface area contributed by atoms with E-state index in [1.165, 1.54) is 0 Å². The zero-order valence-corrected chi connectivity index (χ0v) is 15.8. The predicted octanol–water partition coefficient (Wildman–Crippen LogP) is 2.70. The molecule has 0 bridgehead atoms. The lowest BCUT2D eigenvalue weighted by molar-refractivity contribution is -0.139. The van der Waals surface area contributed by atoms with Crippen LogP contribution in [0.5, 0.6) is 11.5 Å². The van der Waals surface area contributed by atoms with Crippen molar-refractivity contribution in [2.24, 2.45) is 0 Å². The Morgan fingerprint density at radius 1 is 1.11 bits per heavy atom. The second-order valence-electron chi connectivity index (χ2n) is 6.94. The number of fused-ring (bicyclic) bond motifs is 3. The molecule has 1 fully saturated rings. The average molecular weight is 404 g/mol. The van der Waals surface area contributed by atoms with Crippen molar-refractivity contribution in [3.63, 3.8) is 0 Å². The van der Waals surface area contributed by atoms with Gasteiger partial charge in [0, 0.05) is 5.56 Å². The molecule has 0 saturated heterocycles. The minimum absolute atomic E-state index is 0.183. The molecule has 2 aliphatic rings. The van der Waals surface area contributed by atoms with Gasteiger partial charge in [0.05, 0.1) is 12.0 Å². The number of hydrogen-bond donors (Lipinski definition) is 1. The number of aliphatic carboxylic acids is 1. The number of carboxylic acid groups (broad SMARTS) is 1. The second-order valence-corrected chi connectivity index (χ2v) is 8.54. The molecule has 3 atom stereocenters. The third-order valence-electron chi connectivity index (χ3n) is 4.98. The molecule has 0 spiro atoms. The van der Waals surface area contributed by atoms with Gasteiger partial charge in [-0.25, -0.2) is 4.79 Å². The summed E-state index contributed by atoms with van der Waals surface area (Å²) in [5.74, 6) is -0.664. The van der Waals surface area contributed by atoms with Crippen LogP contribution >= 0.6 is 0 Å². The number of carbonyl (C=O) groups is 1. The third-order valence-corrected chi connectivity index (χ3v) is 6.21. The van der Waals surface area contributed by atoms with Gasteiger partial charge in [-0.2, -0.15) is 8.42 Å². The van der Waals surface area contributed by atoms with Gasteiger partial charge < -0.3 is 14.6 Å². The largest absolute Gasteiger partial charge is 0.485 e. The van der Waals surface area contributed by atoms with Crippen molar-refractivity contribution in [2.75, 3.05) is 6.61 Å². The standard InChI is InChI=1S/C20H20O7S/c21-18(22)11-25-17-8-4-7-14-19-15(26-20(14)17)9-10-16(19)27-28(23,24)12-13-5-2-1-3-6-13/h1-8,15-16,19H,9-12H2,(H,21,22). The molecule has 28 heavy (non-hydrogen) atoms. The summed E-state index contributed by atoms with van der Waals surface area (Å²) < 4.78 is 41.9. The number of hydrogen-bond acceptors (Lipinski definition) is 6. The molecule has 7 nitrogen and oxygen atoms in total. The first-order chi connectivity index (χ1) is 13.4. The highest BCUT2D eigenvalue weighted by Gasteiger charge is 2.48. The topological polar surface area (TPSA) is 99.1 Å². The van der Waals surface area contributed by atoms with Gasteiger partial charge in [-0.15, -0.1) is 0 Å². The Kier molecular flexibility index (Phi) is 4.99. The van der Waals surface area contributed by atoms with Gasteiger partial charge in [0.25, 0.3) is 10.1 Å². The fraction of sp³-hybridized carbons (Fsp3) is 0.350. The van der Waals surface area contributed by atoms with E-state index in [-0.39, 0.29) is 17.8 Å². The molecule has 0 aromatic heterocycles. The van der Waals surface area contributed by atoms with Crippen LogP contribution in [0.15, 0.2) is 48.5 Å². The van der Waals surface area contributed by atoms with E-state index < -0.39 is 28.8 Å². The summed E-state index contributed by atoms with van der Waals surface area (Å²) in [6.45, 7) is -0.472. The Bertz CT molecular complexity index is 971. The van der Waals surface area contributed by atoms with Gasteiger partial charge in [-0.1, -0.05) is 42.5 Å². The van der Waals surface area contributed by atoms with Gasteiger partial charge in [-0.3, -0.25) is 4.18 Å². The molecule has 1 aliphatic heterocycles. The molecule has 8 heteroatoms. The molecule has 1 heterocycles. The van der Waals surface area contributed by atoms with E-state index in [1.54, 1.807) is 36.4 Å². The van der Waals surface area contributed by atoms with Gasteiger partial charge in [-0.05, 0) is 24.5 Å².